The van der Waals surface area contributed by atoms with E-state index in [-0.39, 0.29) is 30.1 Å². The molecule has 1 atom stereocenters. The van der Waals surface area contributed by atoms with Crippen molar-refractivity contribution in [2.75, 3.05) is 26.2 Å². The van der Waals surface area contributed by atoms with Crippen LogP contribution in [0.1, 0.15) is 59.3 Å². The fourth-order valence-corrected chi connectivity index (χ4v) is 4.05. The highest BCUT2D eigenvalue weighted by Crippen LogP contribution is 2.26. The van der Waals surface area contributed by atoms with Crippen molar-refractivity contribution in [1.82, 2.24) is 15.1 Å². The molecule has 5 nitrogen and oxygen atoms in total. The second-order valence-electron chi connectivity index (χ2n) is 6.93. The summed E-state index contributed by atoms with van der Waals surface area (Å²) >= 11 is 0. The maximum absolute atomic E-state index is 13.1. The van der Waals surface area contributed by atoms with Crippen LogP contribution in [0.4, 0.5) is 0 Å². The average Bonchev–Trinajstić information content (AvgIpc) is 2.96. The van der Waals surface area contributed by atoms with Crippen molar-refractivity contribution < 1.29 is 9.59 Å². The highest BCUT2D eigenvalue weighted by molar-refractivity contribution is 5.89. The lowest BCUT2D eigenvalue weighted by Gasteiger charge is -2.36. The summed E-state index contributed by atoms with van der Waals surface area (Å²) in [4.78, 5) is 29.4. The van der Waals surface area contributed by atoms with Crippen LogP contribution in [0.3, 0.4) is 0 Å². The van der Waals surface area contributed by atoms with Gasteiger partial charge in [-0.05, 0) is 45.2 Å². The minimum atomic E-state index is -0.135. The molecule has 0 aliphatic carbocycles. The Morgan fingerprint density at radius 2 is 1.88 bits per heavy atom. The molecule has 0 aromatic heterocycles. The molecule has 2 aliphatic rings. The van der Waals surface area contributed by atoms with Crippen LogP contribution in [0, 0.1) is 5.92 Å². The van der Waals surface area contributed by atoms with Gasteiger partial charge < -0.3 is 15.1 Å². The molecule has 0 bridgehead atoms. The lowest BCUT2D eigenvalue weighted by atomic mass is 10.0. The van der Waals surface area contributed by atoms with Gasteiger partial charge in [0.25, 0.3) is 0 Å². The lowest BCUT2D eigenvalue weighted by Crippen LogP contribution is -2.49. The highest BCUT2D eigenvalue weighted by atomic mass is 35.5. The van der Waals surface area contributed by atoms with E-state index in [0.717, 1.165) is 51.7 Å². The van der Waals surface area contributed by atoms with Gasteiger partial charge in [0.2, 0.25) is 11.8 Å². The normalized spacial score (nSPS) is 21.9. The fraction of sp³-hybridized carbons (Fsp3) is 0.889. The summed E-state index contributed by atoms with van der Waals surface area (Å²) in [6.45, 7) is 9.78. The Labute approximate surface area is 152 Å². The molecule has 0 aromatic carbocycles. The maximum Gasteiger partial charge on any atom is 0.228 e. The van der Waals surface area contributed by atoms with Gasteiger partial charge >= 0.3 is 0 Å². The summed E-state index contributed by atoms with van der Waals surface area (Å²) in [5.41, 5.74) is 0. The minimum Gasteiger partial charge on any atom is -0.339 e. The third kappa shape index (κ3) is 4.85. The van der Waals surface area contributed by atoms with Crippen molar-refractivity contribution in [3.05, 3.63) is 0 Å². The van der Waals surface area contributed by atoms with E-state index in [1.807, 2.05) is 4.90 Å². The zero-order chi connectivity index (χ0) is 16.8. The molecule has 140 valence electrons. The predicted octanol–water partition coefficient (Wildman–Crippen LogP) is 2.44. The van der Waals surface area contributed by atoms with E-state index in [0.29, 0.717) is 25.0 Å². The first-order chi connectivity index (χ1) is 11.1. The summed E-state index contributed by atoms with van der Waals surface area (Å²) in [6, 6.07) is 0.639. The third-order valence-electron chi connectivity index (χ3n) is 5.39. The molecule has 2 saturated heterocycles. The molecule has 0 spiro atoms. The number of nitrogens with one attached hydrogen (secondary N) is 1. The number of nitrogens with zero attached hydrogens (tertiary/aromatic N) is 2. The van der Waals surface area contributed by atoms with E-state index < -0.39 is 0 Å². The number of carbonyl (C=O) groups is 2. The molecule has 0 saturated carbocycles. The van der Waals surface area contributed by atoms with Crippen LogP contribution >= 0.6 is 12.4 Å². The van der Waals surface area contributed by atoms with Crippen LogP contribution in [0.5, 0.6) is 0 Å². The first-order valence-corrected chi connectivity index (χ1v) is 9.42. The number of rotatable bonds is 7. The van der Waals surface area contributed by atoms with Gasteiger partial charge in [0.05, 0.1) is 5.92 Å². The van der Waals surface area contributed by atoms with Gasteiger partial charge in [-0.1, -0.05) is 20.8 Å². The van der Waals surface area contributed by atoms with Gasteiger partial charge in [-0.25, -0.2) is 0 Å². The predicted molar refractivity (Wildman–Crippen MR) is 99.3 cm³/mol. The molecule has 2 heterocycles. The van der Waals surface area contributed by atoms with Gasteiger partial charge in [0.15, 0.2) is 0 Å². The van der Waals surface area contributed by atoms with Crippen molar-refractivity contribution in [2.24, 2.45) is 5.92 Å². The van der Waals surface area contributed by atoms with Crippen molar-refractivity contribution >= 4 is 24.2 Å². The van der Waals surface area contributed by atoms with Crippen LogP contribution in [0.15, 0.2) is 0 Å². The van der Waals surface area contributed by atoms with Gasteiger partial charge in [0, 0.05) is 31.6 Å². The maximum atomic E-state index is 13.1. The zero-order valence-electron chi connectivity index (χ0n) is 15.4. The number of piperidine rings is 1. The zero-order valence-corrected chi connectivity index (χ0v) is 16.2. The van der Waals surface area contributed by atoms with E-state index in [1.54, 1.807) is 0 Å². The SMILES string of the molecule is CCCN(C(=O)C1CC(=O)N(C(CC)CC)C1)C1CCNCC1.Cl. The summed E-state index contributed by atoms with van der Waals surface area (Å²) in [6.07, 6.45) is 5.38. The molecule has 1 unspecified atom stereocenters. The molecule has 1 N–H and O–H groups in total. The minimum absolute atomic E-state index is 0. The van der Waals surface area contributed by atoms with E-state index in [1.165, 1.54) is 0 Å². The number of likely N-dealkylation sites (tertiary alicyclic amines) is 1. The van der Waals surface area contributed by atoms with Crippen LogP contribution in [-0.2, 0) is 9.59 Å². The summed E-state index contributed by atoms with van der Waals surface area (Å²) in [5, 5.41) is 3.36. The van der Waals surface area contributed by atoms with Gasteiger partial charge in [-0.15, -0.1) is 12.4 Å². The molecule has 6 heteroatoms. The Kier molecular flexibility index (Phi) is 9.06. The van der Waals surface area contributed by atoms with Crippen LogP contribution in [0.25, 0.3) is 0 Å². The molecule has 2 rings (SSSR count). The molecule has 0 radical (unpaired) electrons. The number of halogens is 1. The Bertz CT molecular complexity index is 409. The third-order valence-corrected chi connectivity index (χ3v) is 5.39. The Hall–Kier alpha value is -0.810. The molecular weight excluding hydrogens is 326 g/mol. The Morgan fingerprint density at radius 1 is 1.25 bits per heavy atom. The van der Waals surface area contributed by atoms with Crippen LogP contribution < -0.4 is 5.32 Å². The Balaban J connectivity index is 0.00000288. The number of hydrogen-bond acceptors (Lipinski definition) is 3. The van der Waals surface area contributed by atoms with Gasteiger partial charge in [0.1, 0.15) is 0 Å². The van der Waals surface area contributed by atoms with Crippen LogP contribution in [-0.4, -0.2) is 59.9 Å². The van der Waals surface area contributed by atoms with E-state index in [2.05, 4.69) is 31.0 Å². The first-order valence-electron chi connectivity index (χ1n) is 9.42. The number of amides is 2. The largest absolute Gasteiger partial charge is 0.339 e. The molecule has 2 aliphatic heterocycles. The number of carbonyl (C=O) groups excluding carboxylic acids is 2. The van der Waals surface area contributed by atoms with Gasteiger partial charge in [-0.2, -0.15) is 0 Å². The van der Waals surface area contributed by atoms with Crippen molar-refractivity contribution in [1.29, 1.82) is 0 Å². The topological polar surface area (TPSA) is 52.7 Å². The number of hydrogen-bond donors (Lipinski definition) is 1. The van der Waals surface area contributed by atoms with E-state index >= 15 is 0 Å². The lowest BCUT2D eigenvalue weighted by molar-refractivity contribution is -0.138. The van der Waals surface area contributed by atoms with Crippen LogP contribution in [0.2, 0.25) is 0 Å². The summed E-state index contributed by atoms with van der Waals surface area (Å²) in [5.74, 6) is 0.240. The summed E-state index contributed by atoms with van der Waals surface area (Å²) in [7, 11) is 0. The first kappa shape index (κ1) is 21.2. The second kappa shape index (κ2) is 10.2. The second-order valence-corrected chi connectivity index (χ2v) is 6.93. The van der Waals surface area contributed by atoms with E-state index in [4.69, 9.17) is 0 Å². The standard InChI is InChI=1S/C18H33N3O2.ClH/c1-4-11-20(16-7-9-19-10-8-16)18(23)14-12-17(22)21(13-14)15(5-2)6-3;/h14-16,19H,4-13H2,1-3H3;1H. The van der Waals surface area contributed by atoms with Crippen molar-refractivity contribution in [3.63, 3.8) is 0 Å². The van der Waals surface area contributed by atoms with Crippen molar-refractivity contribution in [2.45, 2.75) is 71.4 Å². The summed E-state index contributed by atoms with van der Waals surface area (Å²) < 4.78 is 0. The Morgan fingerprint density at radius 3 is 2.42 bits per heavy atom. The molecule has 2 fully saturated rings. The highest BCUT2D eigenvalue weighted by Gasteiger charge is 2.39. The molecule has 0 aromatic rings. The molecule has 2 amide bonds. The quantitative estimate of drug-likeness (QED) is 0.759. The molecular formula is C18H34ClN3O2. The van der Waals surface area contributed by atoms with Crippen molar-refractivity contribution in [3.8, 4) is 0 Å². The monoisotopic (exact) mass is 359 g/mol. The van der Waals surface area contributed by atoms with E-state index in [9.17, 15) is 9.59 Å². The fourth-order valence-electron chi connectivity index (χ4n) is 4.05. The molecule has 24 heavy (non-hydrogen) atoms. The smallest absolute Gasteiger partial charge is 0.228 e. The van der Waals surface area contributed by atoms with Gasteiger partial charge in [-0.3, -0.25) is 9.59 Å². The average molecular weight is 360 g/mol.